The van der Waals surface area contributed by atoms with Gasteiger partial charge in [-0.25, -0.2) is 4.98 Å². The molecule has 0 radical (unpaired) electrons. The van der Waals surface area contributed by atoms with Crippen LogP contribution in [0.2, 0.25) is 0 Å². The molecule has 0 aromatic carbocycles. The summed E-state index contributed by atoms with van der Waals surface area (Å²) in [6.07, 6.45) is 4.31. The second kappa shape index (κ2) is 6.19. The van der Waals surface area contributed by atoms with Crippen molar-refractivity contribution in [3.63, 3.8) is 0 Å². The molecule has 1 aromatic heterocycles. The highest BCUT2D eigenvalue weighted by molar-refractivity contribution is 5.29. The first-order valence-electron chi connectivity index (χ1n) is 7.04. The molecule has 100 valence electrons. The van der Waals surface area contributed by atoms with Gasteiger partial charge in [-0.05, 0) is 38.3 Å². The van der Waals surface area contributed by atoms with Gasteiger partial charge >= 0.3 is 0 Å². The van der Waals surface area contributed by atoms with Crippen molar-refractivity contribution in [3.05, 3.63) is 23.9 Å². The molecule has 1 aromatic rings. The third-order valence-corrected chi connectivity index (χ3v) is 3.40. The maximum atomic E-state index is 5.66. The van der Waals surface area contributed by atoms with E-state index in [0.717, 1.165) is 12.4 Å². The summed E-state index contributed by atoms with van der Waals surface area (Å²) in [5.41, 5.74) is 1.26. The molecule has 0 N–H and O–H groups in total. The fraction of sp³-hybridized carbons (Fsp3) is 0.667. The minimum Gasteiger partial charge on any atom is -0.478 e. The molecule has 2 rings (SSSR count). The zero-order chi connectivity index (χ0) is 13.0. The summed E-state index contributed by atoms with van der Waals surface area (Å²) in [6.45, 7) is 9.61. The summed E-state index contributed by atoms with van der Waals surface area (Å²) in [6, 6.07) is 4.67. The summed E-state index contributed by atoms with van der Waals surface area (Å²) in [4.78, 5) is 6.95. The van der Waals surface area contributed by atoms with Crippen molar-refractivity contribution in [3.8, 4) is 5.88 Å². The van der Waals surface area contributed by atoms with Crippen molar-refractivity contribution in [1.82, 2.24) is 9.88 Å². The van der Waals surface area contributed by atoms with Crippen LogP contribution in [0.3, 0.4) is 0 Å². The third kappa shape index (κ3) is 3.02. The fourth-order valence-electron chi connectivity index (χ4n) is 2.78. The van der Waals surface area contributed by atoms with Gasteiger partial charge in [0, 0.05) is 24.3 Å². The van der Waals surface area contributed by atoms with E-state index in [2.05, 4.69) is 29.8 Å². The molecule has 3 heteroatoms. The third-order valence-electron chi connectivity index (χ3n) is 3.40. The number of rotatable bonds is 5. The molecule has 0 saturated carbocycles. The Hall–Kier alpha value is -1.09. The van der Waals surface area contributed by atoms with E-state index in [1.807, 2.05) is 19.2 Å². The lowest BCUT2D eigenvalue weighted by molar-refractivity contribution is 0.220. The molecule has 3 nitrogen and oxygen atoms in total. The van der Waals surface area contributed by atoms with Crippen molar-refractivity contribution in [2.75, 3.05) is 19.7 Å². The van der Waals surface area contributed by atoms with Gasteiger partial charge in [-0.15, -0.1) is 0 Å². The lowest BCUT2D eigenvalue weighted by atomic mass is 10.1. The van der Waals surface area contributed by atoms with E-state index >= 15 is 0 Å². The Kier molecular flexibility index (Phi) is 4.59. The largest absolute Gasteiger partial charge is 0.478 e. The van der Waals surface area contributed by atoms with E-state index in [1.165, 1.54) is 24.9 Å². The average molecular weight is 248 g/mol. The van der Waals surface area contributed by atoms with Gasteiger partial charge in [-0.2, -0.15) is 0 Å². The van der Waals surface area contributed by atoms with Crippen LogP contribution >= 0.6 is 0 Å². The molecular formula is C15H24N2O. The molecule has 1 unspecified atom stereocenters. The Bertz CT molecular complexity index is 379. The van der Waals surface area contributed by atoms with Crippen LogP contribution in [0, 0.1) is 5.92 Å². The SMILES string of the molecule is CCOc1ncccc1C1CCCN1CC(C)C. The fourth-order valence-corrected chi connectivity index (χ4v) is 2.78. The summed E-state index contributed by atoms with van der Waals surface area (Å²) in [7, 11) is 0. The molecule has 0 aliphatic carbocycles. The van der Waals surface area contributed by atoms with Crippen LogP contribution in [0.1, 0.15) is 45.2 Å². The highest BCUT2D eigenvalue weighted by Gasteiger charge is 2.28. The van der Waals surface area contributed by atoms with Gasteiger partial charge in [0.2, 0.25) is 5.88 Å². The predicted octanol–water partition coefficient (Wildman–Crippen LogP) is 3.27. The molecule has 1 aliphatic rings. The zero-order valence-electron chi connectivity index (χ0n) is 11.7. The van der Waals surface area contributed by atoms with Crippen LogP contribution in [-0.4, -0.2) is 29.6 Å². The summed E-state index contributed by atoms with van der Waals surface area (Å²) >= 11 is 0. The van der Waals surface area contributed by atoms with Crippen molar-refractivity contribution >= 4 is 0 Å². The van der Waals surface area contributed by atoms with Crippen LogP contribution in [0.25, 0.3) is 0 Å². The maximum Gasteiger partial charge on any atom is 0.218 e. The van der Waals surface area contributed by atoms with Gasteiger partial charge in [0.25, 0.3) is 0 Å². The van der Waals surface area contributed by atoms with Gasteiger partial charge in [0.1, 0.15) is 0 Å². The van der Waals surface area contributed by atoms with E-state index in [9.17, 15) is 0 Å². The van der Waals surface area contributed by atoms with Gasteiger partial charge in [-0.3, -0.25) is 4.90 Å². The molecule has 18 heavy (non-hydrogen) atoms. The first kappa shape index (κ1) is 13.3. The molecule has 0 bridgehead atoms. The maximum absolute atomic E-state index is 5.66. The Labute approximate surface area is 110 Å². The van der Waals surface area contributed by atoms with E-state index < -0.39 is 0 Å². The highest BCUT2D eigenvalue weighted by Crippen LogP contribution is 2.36. The normalized spacial score (nSPS) is 20.6. The van der Waals surface area contributed by atoms with Gasteiger partial charge < -0.3 is 4.74 Å². The van der Waals surface area contributed by atoms with Crippen LogP contribution in [0.15, 0.2) is 18.3 Å². The number of hydrogen-bond donors (Lipinski definition) is 0. The number of aromatic nitrogens is 1. The van der Waals surface area contributed by atoms with E-state index in [1.54, 1.807) is 0 Å². The van der Waals surface area contributed by atoms with Crippen LogP contribution in [0.4, 0.5) is 0 Å². The molecule has 1 atom stereocenters. The summed E-state index contributed by atoms with van der Waals surface area (Å²) in [5.74, 6) is 1.53. The number of ether oxygens (including phenoxy) is 1. The van der Waals surface area contributed by atoms with Crippen LogP contribution in [-0.2, 0) is 0 Å². The molecule has 1 saturated heterocycles. The van der Waals surface area contributed by atoms with E-state index in [0.29, 0.717) is 18.6 Å². The Morgan fingerprint density at radius 1 is 1.50 bits per heavy atom. The second-order valence-corrected chi connectivity index (χ2v) is 5.38. The highest BCUT2D eigenvalue weighted by atomic mass is 16.5. The number of likely N-dealkylation sites (tertiary alicyclic amines) is 1. The minimum atomic E-state index is 0.489. The van der Waals surface area contributed by atoms with Crippen molar-refractivity contribution in [2.45, 2.75) is 39.7 Å². The zero-order valence-corrected chi connectivity index (χ0v) is 11.7. The van der Waals surface area contributed by atoms with Crippen molar-refractivity contribution < 1.29 is 4.74 Å². The smallest absolute Gasteiger partial charge is 0.218 e. The standard InChI is InChI=1S/C15H24N2O/c1-4-18-15-13(7-5-9-16-15)14-8-6-10-17(14)11-12(2)3/h5,7,9,12,14H,4,6,8,10-11H2,1-3H3. The van der Waals surface area contributed by atoms with Crippen LogP contribution < -0.4 is 4.74 Å². The summed E-state index contributed by atoms with van der Waals surface area (Å²) in [5, 5.41) is 0. The summed E-state index contributed by atoms with van der Waals surface area (Å²) < 4.78 is 5.66. The molecule has 2 heterocycles. The Morgan fingerprint density at radius 2 is 2.33 bits per heavy atom. The first-order valence-corrected chi connectivity index (χ1v) is 7.04. The Morgan fingerprint density at radius 3 is 3.06 bits per heavy atom. The van der Waals surface area contributed by atoms with Gasteiger partial charge in [0.15, 0.2) is 0 Å². The van der Waals surface area contributed by atoms with Gasteiger partial charge in [-0.1, -0.05) is 19.9 Å². The lowest BCUT2D eigenvalue weighted by Crippen LogP contribution is -2.27. The molecular weight excluding hydrogens is 224 g/mol. The van der Waals surface area contributed by atoms with E-state index in [-0.39, 0.29) is 0 Å². The topological polar surface area (TPSA) is 25.4 Å². The lowest BCUT2D eigenvalue weighted by Gasteiger charge is -2.27. The average Bonchev–Trinajstić information content (AvgIpc) is 2.77. The van der Waals surface area contributed by atoms with Crippen molar-refractivity contribution in [2.24, 2.45) is 5.92 Å². The predicted molar refractivity (Wildman–Crippen MR) is 73.8 cm³/mol. The van der Waals surface area contributed by atoms with Crippen molar-refractivity contribution in [1.29, 1.82) is 0 Å². The molecule has 0 spiro atoms. The first-order chi connectivity index (χ1) is 8.72. The minimum absolute atomic E-state index is 0.489. The number of nitrogens with zero attached hydrogens (tertiary/aromatic N) is 2. The monoisotopic (exact) mass is 248 g/mol. The van der Waals surface area contributed by atoms with Gasteiger partial charge in [0.05, 0.1) is 6.61 Å². The second-order valence-electron chi connectivity index (χ2n) is 5.38. The molecule has 1 fully saturated rings. The number of pyridine rings is 1. The molecule has 0 amide bonds. The molecule has 1 aliphatic heterocycles. The van der Waals surface area contributed by atoms with E-state index in [4.69, 9.17) is 4.74 Å². The van der Waals surface area contributed by atoms with Crippen LogP contribution in [0.5, 0.6) is 5.88 Å². The quantitative estimate of drug-likeness (QED) is 0.799. The number of hydrogen-bond acceptors (Lipinski definition) is 3. The Balaban J connectivity index is 2.18.